The van der Waals surface area contributed by atoms with Gasteiger partial charge < -0.3 is 24.0 Å². The summed E-state index contributed by atoms with van der Waals surface area (Å²) in [5, 5.41) is 0. The molecule has 192 valence electrons. The van der Waals surface area contributed by atoms with Crippen LogP contribution in [0.5, 0.6) is 0 Å². The minimum atomic E-state index is 0.142. The summed E-state index contributed by atoms with van der Waals surface area (Å²) in [5.74, 6) is 4.02. The number of benzene rings is 1. The maximum Gasteiger partial charge on any atom is 0.219 e. The van der Waals surface area contributed by atoms with Crippen molar-refractivity contribution in [2.45, 2.75) is 51.6 Å². The highest BCUT2D eigenvalue weighted by atomic mass is 16.5. The van der Waals surface area contributed by atoms with E-state index < -0.39 is 0 Å². The van der Waals surface area contributed by atoms with Gasteiger partial charge in [0.1, 0.15) is 11.6 Å². The zero-order valence-electron chi connectivity index (χ0n) is 21.5. The van der Waals surface area contributed by atoms with Crippen LogP contribution in [0.3, 0.4) is 0 Å². The molecule has 3 aliphatic heterocycles. The van der Waals surface area contributed by atoms with Crippen LogP contribution in [0.2, 0.25) is 0 Å². The summed E-state index contributed by atoms with van der Waals surface area (Å²) in [4.78, 5) is 28.8. The number of hydrogen-bond acceptors (Lipinski definition) is 6. The number of rotatable bonds is 4. The Morgan fingerprint density at radius 2 is 1.84 bits per heavy atom. The van der Waals surface area contributed by atoms with Crippen LogP contribution in [0, 0.1) is 0 Å². The number of carbonyl (C=O) groups is 1. The largest absolute Gasteiger partial charge is 0.378 e. The van der Waals surface area contributed by atoms with Crippen molar-refractivity contribution in [3.05, 3.63) is 53.6 Å². The van der Waals surface area contributed by atoms with Crippen LogP contribution in [-0.4, -0.2) is 64.7 Å². The van der Waals surface area contributed by atoms with E-state index in [0.717, 1.165) is 70.4 Å². The minimum Gasteiger partial charge on any atom is -0.378 e. The molecular formula is C29H34N6O2. The summed E-state index contributed by atoms with van der Waals surface area (Å²) in [6.45, 7) is 8.18. The fourth-order valence-electron chi connectivity index (χ4n) is 6.08. The van der Waals surface area contributed by atoms with Crippen molar-refractivity contribution >= 4 is 23.2 Å². The molecule has 0 spiro atoms. The molecule has 0 radical (unpaired) electrons. The zero-order chi connectivity index (χ0) is 24.9. The summed E-state index contributed by atoms with van der Waals surface area (Å²) in [5.41, 5.74) is 6.24. The molecule has 0 atom stereocenters. The molecular weight excluding hydrogens is 464 g/mol. The average molecular weight is 499 g/mol. The van der Waals surface area contributed by atoms with Crippen molar-refractivity contribution in [2.75, 3.05) is 49.2 Å². The number of ether oxygens (including phenoxy) is 1. The smallest absolute Gasteiger partial charge is 0.219 e. The first kappa shape index (κ1) is 22.8. The van der Waals surface area contributed by atoms with Crippen molar-refractivity contribution in [2.24, 2.45) is 0 Å². The van der Waals surface area contributed by atoms with E-state index in [1.807, 2.05) is 11.1 Å². The lowest BCUT2D eigenvalue weighted by Crippen LogP contribution is -2.38. The number of aromatic nitrogens is 3. The van der Waals surface area contributed by atoms with E-state index in [9.17, 15) is 4.79 Å². The molecule has 5 heterocycles. The van der Waals surface area contributed by atoms with Crippen LogP contribution in [0.4, 0.5) is 17.3 Å². The molecule has 2 fully saturated rings. The standard InChI is InChI=1S/C29H34N6O2/c1-20(36)33-11-12-35-26(19-33)29(31-28(35)21-4-5-21)34-10-2-3-24-17-22(6-7-25(24)34)23-8-9-30-27(18-23)32-13-15-37-16-14-32/h6-9,17-18,21H,2-5,10-16,19H2,1H3. The van der Waals surface area contributed by atoms with E-state index in [-0.39, 0.29) is 5.91 Å². The second kappa shape index (κ2) is 9.17. The summed E-state index contributed by atoms with van der Waals surface area (Å²) >= 11 is 0. The first-order valence-corrected chi connectivity index (χ1v) is 13.7. The third-order valence-electron chi connectivity index (χ3n) is 8.27. The number of aryl methyl sites for hydroxylation is 1. The van der Waals surface area contributed by atoms with E-state index in [0.29, 0.717) is 12.5 Å². The number of carbonyl (C=O) groups excluding carboxylic acids is 1. The maximum absolute atomic E-state index is 12.2. The van der Waals surface area contributed by atoms with Gasteiger partial charge in [0.15, 0.2) is 5.82 Å². The number of morpholine rings is 1. The molecule has 0 bridgehead atoms. The first-order chi connectivity index (χ1) is 18.2. The molecule has 1 amide bonds. The van der Waals surface area contributed by atoms with Crippen LogP contribution in [-0.2, 0) is 29.0 Å². The Morgan fingerprint density at radius 1 is 1.00 bits per heavy atom. The van der Waals surface area contributed by atoms with E-state index in [1.54, 1.807) is 6.92 Å². The molecule has 4 aliphatic rings. The van der Waals surface area contributed by atoms with E-state index in [2.05, 4.69) is 49.7 Å². The second-order valence-electron chi connectivity index (χ2n) is 10.7. The lowest BCUT2D eigenvalue weighted by atomic mass is 9.96. The molecule has 8 heteroatoms. The molecule has 1 aromatic carbocycles. The summed E-state index contributed by atoms with van der Waals surface area (Å²) in [7, 11) is 0. The highest BCUT2D eigenvalue weighted by Crippen LogP contribution is 2.44. The van der Waals surface area contributed by atoms with Crippen molar-refractivity contribution in [1.29, 1.82) is 0 Å². The summed E-state index contributed by atoms with van der Waals surface area (Å²) in [6.07, 6.45) is 6.53. The number of hydrogen-bond donors (Lipinski definition) is 0. The maximum atomic E-state index is 12.2. The van der Waals surface area contributed by atoms with Crippen LogP contribution >= 0.6 is 0 Å². The third-order valence-corrected chi connectivity index (χ3v) is 8.27. The number of fused-ring (bicyclic) bond motifs is 2. The van der Waals surface area contributed by atoms with Gasteiger partial charge in [-0.2, -0.15) is 0 Å². The van der Waals surface area contributed by atoms with Gasteiger partial charge in [-0.1, -0.05) is 6.07 Å². The van der Waals surface area contributed by atoms with Crippen LogP contribution < -0.4 is 9.80 Å². The quantitative estimate of drug-likeness (QED) is 0.540. The number of imidazole rings is 1. The van der Waals surface area contributed by atoms with Crippen molar-refractivity contribution in [3.8, 4) is 11.1 Å². The monoisotopic (exact) mass is 498 g/mol. The first-order valence-electron chi connectivity index (χ1n) is 13.7. The Morgan fingerprint density at radius 3 is 2.65 bits per heavy atom. The van der Waals surface area contributed by atoms with Gasteiger partial charge in [-0.3, -0.25) is 4.79 Å². The van der Waals surface area contributed by atoms with Crippen molar-refractivity contribution in [1.82, 2.24) is 19.4 Å². The van der Waals surface area contributed by atoms with Gasteiger partial charge in [0, 0.05) is 57.4 Å². The average Bonchev–Trinajstić information content (AvgIpc) is 3.73. The summed E-state index contributed by atoms with van der Waals surface area (Å²) in [6, 6.07) is 11.2. The number of anilines is 3. The lowest BCUT2D eigenvalue weighted by molar-refractivity contribution is -0.130. The molecule has 2 aromatic heterocycles. The van der Waals surface area contributed by atoms with E-state index in [4.69, 9.17) is 9.72 Å². The molecule has 37 heavy (non-hydrogen) atoms. The highest BCUT2D eigenvalue weighted by molar-refractivity contribution is 5.76. The van der Waals surface area contributed by atoms with Gasteiger partial charge in [0.05, 0.1) is 25.5 Å². The van der Waals surface area contributed by atoms with Gasteiger partial charge >= 0.3 is 0 Å². The molecule has 0 N–H and O–H groups in total. The normalized spacial score (nSPS) is 19.5. The molecule has 3 aromatic rings. The van der Waals surface area contributed by atoms with Crippen LogP contribution in [0.1, 0.15) is 49.2 Å². The molecule has 1 saturated carbocycles. The highest BCUT2D eigenvalue weighted by Gasteiger charge is 2.36. The Hall–Kier alpha value is -3.39. The summed E-state index contributed by atoms with van der Waals surface area (Å²) < 4.78 is 7.93. The number of pyridine rings is 1. The van der Waals surface area contributed by atoms with Gasteiger partial charge in [-0.05, 0) is 66.6 Å². The predicted molar refractivity (Wildman–Crippen MR) is 143 cm³/mol. The topological polar surface area (TPSA) is 66.7 Å². The third kappa shape index (κ3) is 4.17. The second-order valence-corrected chi connectivity index (χ2v) is 10.7. The van der Waals surface area contributed by atoms with Crippen molar-refractivity contribution < 1.29 is 9.53 Å². The Labute approximate surface area is 217 Å². The van der Waals surface area contributed by atoms with Crippen LogP contribution in [0.25, 0.3) is 11.1 Å². The van der Waals surface area contributed by atoms with Gasteiger partial charge in [-0.25, -0.2) is 9.97 Å². The SMILES string of the molecule is CC(=O)N1CCn2c(C3CC3)nc(N3CCCc4cc(-c5ccnc(N6CCOCC6)c5)ccc43)c2C1. The Kier molecular flexibility index (Phi) is 5.65. The van der Waals surface area contributed by atoms with E-state index >= 15 is 0 Å². The molecule has 8 nitrogen and oxygen atoms in total. The van der Waals surface area contributed by atoms with Gasteiger partial charge in [0.2, 0.25) is 5.91 Å². The Balaban J connectivity index is 1.23. The minimum absolute atomic E-state index is 0.142. The van der Waals surface area contributed by atoms with Gasteiger partial charge in [-0.15, -0.1) is 0 Å². The Bertz CT molecular complexity index is 1340. The lowest BCUT2D eigenvalue weighted by Gasteiger charge is -2.33. The molecule has 7 rings (SSSR count). The van der Waals surface area contributed by atoms with Crippen LogP contribution in [0.15, 0.2) is 36.5 Å². The predicted octanol–water partition coefficient (Wildman–Crippen LogP) is 4.11. The molecule has 1 saturated heterocycles. The fourth-order valence-corrected chi connectivity index (χ4v) is 6.08. The zero-order valence-corrected chi connectivity index (χ0v) is 21.5. The van der Waals surface area contributed by atoms with Crippen molar-refractivity contribution in [3.63, 3.8) is 0 Å². The fraction of sp³-hybridized carbons (Fsp3) is 0.483. The number of amides is 1. The van der Waals surface area contributed by atoms with E-state index in [1.165, 1.54) is 46.7 Å². The molecule has 0 unspecified atom stereocenters. The van der Waals surface area contributed by atoms with Gasteiger partial charge in [0.25, 0.3) is 0 Å². The number of nitrogens with zero attached hydrogens (tertiary/aromatic N) is 6. The molecule has 1 aliphatic carbocycles.